The number of aromatic nitrogens is 3. The van der Waals surface area contributed by atoms with Crippen molar-refractivity contribution >= 4 is 22.4 Å². The lowest BCUT2D eigenvalue weighted by molar-refractivity contribution is 0.728. The van der Waals surface area contributed by atoms with Crippen LogP contribution in [-0.4, -0.2) is 21.0 Å². The average Bonchev–Trinajstić information content (AvgIpc) is 3.39. The van der Waals surface area contributed by atoms with Crippen LogP contribution in [0.2, 0.25) is 0 Å². The van der Waals surface area contributed by atoms with Gasteiger partial charge < -0.3 is 4.90 Å². The van der Waals surface area contributed by atoms with Gasteiger partial charge in [0.15, 0.2) is 11.6 Å². The molecule has 0 bridgehead atoms. The molecule has 41 heavy (non-hydrogen) atoms. The van der Waals surface area contributed by atoms with Crippen molar-refractivity contribution in [3.8, 4) is 33.9 Å². The topological polar surface area (TPSA) is 41.9 Å². The Morgan fingerprint density at radius 1 is 0.488 bits per heavy atom. The number of rotatable bonds is 4. The van der Waals surface area contributed by atoms with Crippen LogP contribution in [0.3, 0.4) is 0 Å². The first kappa shape index (κ1) is 23.5. The highest BCUT2D eigenvalue weighted by Crippen LogP contribution is 2.46. The molecule has 4 heteroatoms. The predicted octanol–water partition coefficient (Wildman–Crippen LogP) is 8.76. The van der Waals surface area contributed by atoms with Gasteiger partial charge in [-0.3, -0.25) is 0 Å². The van der Waals surface area contributed by atoms with Gasteiger partial charge in [-0.05, 0) is 39.6 Å². The van der Waals surface area contributed by atoms with Crippen LogP contribution in [0.5, 0.6) is 0 Å². The van der Waals surface area contributed by atoms with E-state index in [4.69, 9.17) is 15.0 Å². The molecule has 1 aromatic heterocycles. The monoisotopic (exact) mass is 526 g/mol. The molecular weight excluding hydrogens is 500 g/mol. The summed E-state index contributed by atoms with van der Waals surface area (Å²) >= 11 is 0. The number of anilines is 2. The Hall–Kier alpha value is -5.35. The van der Waals surface area contributed by atoms with Gasteiger partial charge in [0, 0.05) is 22.7 Å². The fraction of sp³-hybridized carbons (Fsp3) is 0.0541. The van der Waals surface area contributed by atoms with Crippen molar-refractivity contribution in [2.75, 3.05) is 4.90 Å². The molecule has 8 rings (SSSR count). The third-order valence-electron chi connectivity index (χ3n) is 8.06. The molecule has 2 atom stereocenters. The van der Waals surface area contributed by atoms with Crippen LogP contribution in [0.15, 0.2) is 146 Å². The van der Waals surface area contributed by atoms with E-state index in [1.807, 2.05) is 18.2 Å². The summed E-state index contributed by atoms with van der Waals surface area (Å²) < 4.78 is 0. The first-order valence-corrected chi connectivity index (χ1v) is 14.0. The molecule has 194 valence electrons. The minimum absolute atomic E-state index is 0.117. The zero-order chi connectivity index (χ0) is 27.2. The van der Waals surface area contributed by atoms with E-state index >= 15 is 0 Å². The molecule has 1 aliphatic heterocycles. The minimum Gasteiger partial charge on any atom is -0.302 e. The van der Waals surface area contributed by atoms with Crippen molar-refractivity contribution in [3.63, 3.8) is 0 Å². The quantitative estimate of drug-likeness (QED) is 0.230. The lowest BCUT2D eigenvalue weighted by Crippen LogP contribution is -2.30. The Bertz CT molecular complexity index is 1960. The first-order valence-electron chi connectivity index (χ1n) is 14.0. The van der Waals surface area contributed by atoms with Crippen LogP contribution in [0.25, 0.3) is 44.7 Å². The second kappa shape index (κ2) is 9.68. The van der Waals surface area contributed by atoms with Gasteiger partial charge in [-0.1, -0.05) is 133 Å². The highest BCUT2D eigenvalue weighted by Gasteiger charge is 2.38. The van der Waals surface area contributed by atoms with Crippen LogP contribution in [0.1, 0.15) is 11.5 Å². The summed E-state index contributed by atoms with van der Waals surface area (Å²) in [6.07, 6.45) is 8.77. The van der Waals surface area contributed by atoms with Crippen LogP contribution in [0, 0.1) is 0 Å². The van der Waals surface area contributed by atoms with E-state index in [0.717, 1.165) is 22.4 Å². The summed E-state index contributed by atoms with van der Waals surface area (Å²) in [6, 6.07) is 42.4. The Morgan fingerprint density at radius 2 is 1.12 bits per heavy atom. The van der Waals surface area contributed by atoms with Gasteiger partial charge in [-0.25, -0.2) is 4.98 Å². The van der Waals surface area contributed by atoms with Crippen molar-refractivity contribution in [2.24, 2.45) is 0 Å². The predicted molar refractivity (Wildman–Crippen MR) is 167 cm³/mol. The number of fused-ring (bicyclic) bond motifs is 4. The van der Waals surface area contributed by atoms with Crippen LogP contribution < -0.4 is 4.90 Å². The largest absolute Gasteiger partial charge is 0.302 e. The van der Waals surface area contributed by atoms with E-state index in [2.05, 4.69) is 132 Å². The highest BCUT2D eigenvalue weighted by atomic mass is 15.3. The van der Waals surface area contributed by atoms with Crippen LogP contribution in [-0.2, 0) is 0 Å². The number of benzene rings is 5. The molecule has 1 aliphatic carbocycles. The molecule has 0 radical (unpaired) electrons. The molecule has 2 unspecified atom stereocenters. The molecule has 2 heterocycles. The Kier molecular flexibility index (Phi) is 5.56. The average molecular weight is 527 g/mol. The van der Waals surface area contributed by atoms with Gasteiger partial charge in [0.25, 0.3) is 0 Å². The number of allylic oxidation sites excluding steroid dienone is 2. The van der Waals surface area contributed by atoms with Crippen molar-refractivity contribution in [1.82, 2.24) is 15.0 Å². The molecule has 0 amide bonds. The highest BCUT2D eigenvalue weighted by molar-refractivity contribution is 5.87. The Labute approximate surface area is 239 Å². The maximum atomic E-state index is 5.09. The molecule has 0 N–H and O–H groups in total. The van der Waals surface area contributed by atoms with Gasteiger partial charge in [0.1, 0.15) is 0 Å². The zero-order valence-corrected chi connectivity index (χ0v) is 22.3. The summed E-state index contributed by atoms with van der Waals surface area (Å²) in [5.41, 5.74) is 6.70. The second-order valence-electron chi connectivity index (χ2n) is 10.5. The van der Waals surface area contributed by atoms with Crippen molar-refractivity contribution < 1.29 is 0 Å². The smallest absolute Gasteiger partial charge is 0.234 e. The molecule has 6 aromatic rings. The molecule has 2 aliphatic rings. The van der Waals surface area contributed by atoms with Gasteiger partial charge >= 0.3 is 0 Å². The molecule has 0 fully saturated rings. The van der Waals surface area contributed by atoms with E-state index in [-0.39, 0.29) is 12.0 Å². The SMILES string of the molecule is C1=CC2c3ccccc3N(c3nc(-c4ccccc4)nc(-c4ccc(-c5ccc6ccccc6c5)cc4)n3)C2C=C1. The lowest BCUT2D eigenvalue weighted by Gasteiger charge is -2.27. The van der Waals surface area contributed by atoms with Gasteiger partial charge in [-0.2, -0.15) is 9.97 Å². The maximum Gasteiger partial charge on any atom is 0.234 e. The van der Waals surface area contributed by atoms with E-state index in [9.17, 15) is 0 Å². The number of para-hydroxylation sites is 1. The fourth-order valence-corrected chi connectivity index (χ4v) is 6.02. The fourth-order valence-electron chi connectivity index (χ4n) is 6.02. The van der Waals surface area contributed by atoms with Crippen LogP contribution >= 0.6 is 0 Å². The third kappa shape index (κ3) is 4.12. The van der Waals surface area contributed by atoms with Crippen LogP contribution in [0.4, 0.5) is 11.6 Å². The van der Waals surface area contributed by atoms with Gasteiger partial charge in [0.2, 0.25) is 5.95 Å². The van der Waals surface area contributed by atoms with Gasteiger partial charge in [-0.15, -0.1) is 0 Å². The number of hydrogen-bond acceptors (Lipinski definition) is 4. The lowest BCUT2D eigenvalue weighted by atomic mass is 9.92. The minimum atomic E-state index is 0.117. The van der Waals surface area contributed by atoms with E-state index in [1.165, 1.54) is 21.9 Å². The molecule has 5 aromatic carbocycles. The zero-order valence-electron chi connectivity index (χ0n) is 22.3. The number of nitrogens with zero attached hydrogens (tertiary/aromatic N) is 4. The number of hydrogen-bond donors (Lipinski definition) is 0. The Morgan fingerprint density at radius 3 is 1.95 bits per heavy atom. The maximum absolute atomic E-state index is 5.09. The van der Waals surface area contributed by atoms with E-state index in [1.54, 1.807) is 0 Å². The van der Waals surface area contributed by atoms with Crippen molar-refractivity contribution in [2.45, 2.75) is 12.0 Å². The molecule has 0 saturated heterocycles. The van der Waals surface area contributed by atoms with E-state index < -0.39 is 0 Å². The summed E-state index contributed by atoms with van der Waals surface area (Å²) in [4.78, 5) is 17.4. The van der Waals surface area contributed by atoms with Gasteiger partial charge in [0.05, 0.1) is 6.04 Å². The normalized spacial score (nSPS) is 17.0. The molecule has 0 saturated carbocycles. The summed E-state index contributed by atoms with van der Waals surface area (Å²) in [5, 5.41) is 2.48. The standard InChI is InChI=1S/C37H26N4/c1-2-11-27(12-3-1)35-38-36(28-21-18-26(19-22-28)30-23-20-25-10-4-5-13-29(25)24-30)40-37(39-35)41-33-16-8-6-14-31(33)32-15-7-9-17-34(32)41/h1-24,31,33H. The molecule has 0 spiro atoms. The first-order chi connectivity index (χ1) is 20.3. The molecular formula is C37H26N4. The van der Waals surface area contributed by atoms with Crippen molar-refractivity contribution in [3.05, 3.63) is 151 Å². The summed E-state index contributed by atoms with van der Waals surface area (Å²) in [5.74, 6) is 2.25. The molecule has 4 nitrogen and oxygen atoms in total. The second-order valence-corrected chi connectivity index (χ2v) is 10.5. The Balaban J connectivity index is 1.24. The van der Waals surface area contributed by atoms with Crippen molar-refractivity contribution in [1.29, 1.82) is 0 Å². The summed E-state index contributed by atoms with van der Waals surface area (Å²) in [6.45, 7) is 0. The summed E-state index contributed by atoms with van der Waals surface area (Å²) in [7, 11) is 0. The third-order valence-corrected chi connectivity index (χ3v) is 8.06. The van der Waals surface area contributed by atoms with E-state index in [0.29, 0.717) is 17.6 Å².